The molecule has 0 amide bonds. The molecule has 1 heteroatoms. The highest BCUT2D eigenvalue weighted by atomic mass is 15.1. The van der Waals surface area contributed by atoms with Crippen LogP contribution in [0.3, 0.4) is 0 Å². The van der Waals surface area contributed by atoms with E-state index in [2.05, 4.69) is 112 Å². The zero-order valence-electron chi connectivity index (χ0n) is 22.1. The van der Waals surface area contributed by atoms with Crippen molar-refractivity contribution in [3.05, 3.63) is 127 Å². The first kappa shape index (κ1) is 32.7. The van der Waals surface area contributed by atoms with Gasteiger partial charge in [0, 0.05) is 24.4 Å². The number of allylic oxidation sites excluding steroid dienone is 10. The standard InChI is InChI=1S/C29H37N.C2H6.C2H2/c1-7-11-13-14-17-24-30(28(10-4)20-12-8-2)26(6)23-22-25(5)29-21-16-15-19-27(29)18-9-3;2*1-2/h7-8,10-17,19,21-23H,1,5-6,9,18,20,24H2,2-4H3;1-2H3;1-2H/b12-8-,13-11-,17-14-,23-22-,28-10+;;. The second-order valence-electron chi connectivity index (χ2n) is 6.97. The largest absolute Gasteiger partial charge is 0.342 e. The van der Waals surface area contributed by atoms with Crippen LogP contribution in [0.2, 0.25) is 0 Å². The smallest absolute Gasteiger partial charge is 0.0411 e. The molecule has 0 N–H and O–H groups in total. The SMILES string of the molecule is C#C.C=C/C=C\C=C/CN(C(=C)/C=C\C(=C)c1ccccc1CCC)/C(=C/C)C/C=C\C.CC. The second-order valence-corrected chi connectivity index (χ2v) is 6.97. The van der Waals surface area contributed by atoms with E-state index in [0.29, 0.717) is 0 Å². The lowest BCUT2D eigenvalue weighted by molar-refractivity contribution is 0.478. The number of benzene rings is 1. The predicted octanol–water partition coefficient (Wildman–Crippen LogP) is 9.47. The molecule has 0 heterocycles. The van der Waals surface area contributed by atoms with E-state index in [9.17, 15) is 0 Å². The minimum Gasteiger partial charge on any atom is -0.342 e. The van der Waals surface area contributed by atoms with E-state index in [-0.39, 0.29) is 0 Å². The summed E-state index contributed by atoms with van der Waals surface area (Å²) in [7, 11) is 0. The molecule has 0 aliphatic rings. The van der Waals surface area contributed by atoms with E-state index in [0.717, 1.165) is 37.1 Å². The van der Waals surface area contributed by atoms with Crippen molar-refractivity contribution >= 4 is 5.57 Å². The average Bonchev–Trinajstić information content (AvgIpc) is 2.88. The summed E-state index contributed by atoms with van der Waals surface area (Å²) in [5, 5.41) is 0. The minimum atomic E-state index is 0.751. The third kappa shape index (κ3) is 13.1. The Hall–Kier alpha value is -3.50. The normalized spacial score (nSPS) is 11.2. The first-order valence-electron chi connectivity index (χ1n) is 12.0. The van der Waals surface area contributed by atoms with E-state index >= 15 is 0 Å². The van der Waals surface area contributed by atoms with Gasteiger partial charge in [0.2, 0.25) is 0 Å². The van der Waals surface area contributed by atoms with Gasteiger partial charge >= 0.3 is 0 Å². The van der Waals surface area contributed by atoms with Crippen molar-refractivity contribution in [3.63, 3.8) is 0 Å². The fourth-order valence-electron chi connectivity index (χ4n) is 3.13. The number of nitrogens with zero attached hydrogens (tertiary/aromatic N) is 1. The monoisotopic (exact) mass is 455 g/mol. The Kier molecular flexibility index (Phi) is 21.8. The lowest BCUT2D eigenvalue weighted by Gasteiger charge is -2.26. The van der Waals surface area contributed by atoms with E-state index in [1.807, 2.05) is 39.0 Å². The molecular weight excluding hydrogens is 410 g/mol. The molecule has 0 spiro atoms. The molecule has 34 heavy (non-hydrogen) atoms. The Bertz CT molecular complexity index is 884. The highest BCUT2D eigenvalue weighted by molar-refractivity contribution is 5.74. The minimum absolute atomic E-state index is 0.751. The quantitative estimate of drug-likeness (QED) is 0.163. The van der Waals surface area contributed by atoms with Crippen LogP contribution in [0.4, 0.5) is 0 Å². The summed E-state index contributed by atoms with van der Waals surface area (Å²) < 4.78 is 0. The van der Waals surface area contributed by atoms with E-state index in [1.54, 1.807) is 6.08 Å². The molecular formula is C33H45N. The van der Waals surface area contributed by atoms with Crippen molar-refractivity contribution in [1.29, 1.82) is 0 Å². The van der Waals surface area contributed by atoms with Crippen molar-refractivity contribution in [3.8, 4) is 12.8 Å². The van der Waals surface area contributed by atoms with Crippen LogP contribution >= 0.6 is 0 Å². The molecule has 0 saturated carbocycles. The maximum absolute atomic E-state index is 4.34. The van der Waals surface area contributed by atoms with Crippen molar-refractivity contribution in [2.75, 3.05) is 6.54 Å². The van der Waals surface area contributed by atoms with Crippen molar-refractivity contribution in [2.24, 2.45) is 0 Å². The Morgan fingerprint density at radius 2 is 1.65 bits per heavy atom. The van der Waals surface area contributed by atoms with E-state index < -0.39 is 0 Å². The number of hydrogen-bond acceptors (Lipinski definition) is 1. The number of terminal acetylenes is 1. The van der Waals surface area contributed by atoms with Gasteiger partial charge in [0.25, 0.3) is 0 Å². The summed E-state index contributed by atoms with van der Waals surface area (Å²) in [6.07, 6.45) is 31.4. The van der Waals surface area contributed by atoms with Crippen LogP contribution in [0.15, 0.2) is 116 Å². The van der Waals surface area contributed by atoms with Crippen LogP contribution in [0.5, 0.6) is 0 Å². The molecule has 182 valence electrons. The van der Waals surface area contributed by atoms with Gasteiger partial charge in [-0.05, 0) is 43.0 Å². The zero-order chi connectivity index (χ0) is 26.2. The van der Waals surface area contributed by atoms with Crippen molar-refractivity contribution < 1.29 is 0 Å². The molecule has 0 atom stereocenters. The van der Waals surface area contributed by atoms with Gasteiger partial charge in [0.1, 0.15) is 0 Å². The molecule has 0 aliphatic heterocycles. The van der Waals surface area contributed by atoms with Gasteiger partial charge in [-0.15, -0.1) is 12.8 Å². The van der Waals surface area contributed by atoms with Crippen LogP contribution in [-0.4, -0.2) is 11.4 Å². The summed E-state index contributed by atoms with van der Waals surface area (Å²) in [5.74, 6) is 0. The van der Waals surface area contributed by atoms with Crippen LogP contribution in [0, 0.1) is 12.8 Å². The Morgan fingerprint density at radius 1 is 0.971 bits per heavy atom. The van der Waals surface area contributed by atoms with Gasteiger partial charge in [-0.1, -0.05) is 126 Å². The third-order valence-corrected chi connectivity index (χ3v) is 4.73. The summed E-state index contributed by atoms with van der Waals surface area (Å²) >= 11 is 0. The van der Waals surface area contributed by atoms with E-state index in [4.69, 9.17) is 0 Å². The highest BCUT2D eigenvalue weighted by Crippen LogP contribution is 2.22. The first-order chi connectivity index (χ1) is 16.6. The van der Waals surface area contributed by atoms with E-state index in [1.165, 1.54) is 16.8 Å². The van der Waals surface area contributed by atoms with Crippen LogP contribution in [0.25, 0.3) is 5.57 Å². The maximum Gasteiger partial charge on any atom is 0.0411 e. The average molecular weight is 456 g/mol. The summed E-state index contributed by atoms with van der Waals surface area (Å²) in [6.45, 7) is 23.4. The molecule has 0 aromatic heterocycles. The Morgan fingerprint density at radius 3 is 2.24 bits per heavy atom. The molecule has 0 fully saturated rings. The molecule has 1 aromatic rings. The molecule has 1 aromatic carbocycles. The lowest BCUT2D eigenvalue weighted by atomic mass is 9.97. The maximum atomic E-state index is 4.34. The van der Waals surface area contributed by atoms with Crippen LogP contribution in [-0.2, 0) is 6.42 Å². The number of hydrogen-bond donors (Lipinski definition) is 0. The fraction of sp³-hybridized carbons (Fsp3) is 0.273. The highest BCUT2D eigenvalue weighted by Gasteiger charge is 2.09. The van der Waals surface area contributed by atoms with Gasteiger partial charge in [-0.2, -0.15) is 0 Å². The van der Waals surface area contributed by atoms with Gasteiger partial charge in [-0.3, -0.25) is 0 Å². The van der Waals surface area contributed by atoms with Crippen molar-refractivity contribution in [2.45, 2.75) is 53.9 Å². The Labute approximate surface area is 211 Å². The molecule has 0 radical (unpaired) electrons. The lowest BCUT2D eigenvalue weighted by Crippen LogP contribution is -2.21. The number of rotatable bonds is 13. The van der Waals surface area contributed by atoms with Crippen LogP contribution < -0.4 is 0 Å². The van der Waals surface area contributed by atoms with Gasteiger partial charge in [0.05, 0.1) is 0 Å². The summed E-state index contributed by atoms with van der Waals surface area (Å²) in [4.78, 5) is 2.24. The topological polar surface area (TPSA) is 3.24 Å². The molecule has 0 aliphatic carbocycles. The number of aryl methyl sites for hydroxylation is 1. The van der Waals surface area contributed by atoms with Gasteiger partial charge in [-0.25, -0.2) is 0 Å². The first-order valence-corrected chi connectivity index (χ1v) is 12.0. The second kappa shape index (κ2) is 22.7. The fourth-order valence-corrected chi connectivity index (χ4v) is 3.13. The van der Waals surface area contributed by atoms with Crippen molar-refractivity contribution in [1.82, 2.24) is 4.90 Å². The third-order valence-electron chi connectivity index (χ3n) is 4.73. The predicted molar refractivity (Wildman–Crippen MR) is 157 cm³/mol. The molecule has 0 bridgehead atoms. The molecule has 1 rings (SSSR count). The molecule has 0 unspecified atom stereocenters. The zero-order valence-corrected chi connectivity index (χ0v) is 22.1. The van der Waals surface area contributed by atoms with Gasteiger partial charge < -0.3 is 4.90 Å². The van der Waals surface area contributed by atoms with Crippen LogP contribution in [0.1, 0.15) is 58.6 Å². The molecule has 1 nitrogen and oxygen atoms in total. The van der Waals surface area contributed by atoms with Gasteiger partial charge in [0.15, 0.2) is 0 Å². The molecule has 0 saturated heterocycles. The summed E-state index contributed by atoms with van der Waals surface area (Å²) in [6, 6.07) is 8.51. The Balaban J connectivity index is 0. The summed E-state index contributed by atoms with van der Waals surface area (Å²) in [5.41, 5.74) is 5.73.